The molecule has 0 radical (unpaired) electrons. The maximum Gasteiger partial charge on any atom is 0.191 e. The van der Waals surface area contributed by atoms with E-state index in [0.29, 0.717) is 19.8 Å². The van der Waals surface area contributed by atoms with Crippen molar-refractivity contribution in [3.63, 3.8) is 0 Å². The van der Waals surface area contributed by atoms with E-state index in [0.717, 1.165) is 46.6 Å². The number of rotatable bonds is 10. The smallest absolute Gasteiger partial charge is 0.191 e. The van der Waals surface area contributed by atoms with E-state index < -0.39 is 0 Å². The predicted octanol–water partition coefficient (Wildman–Crippen LogP) is 4.51. The predicted molar refractivity (Wildman–Crippen MR) is 121 cm³/mol. The largest absolute Gasteiger partial charge is 0.490 e. The maximum atomic E-state index is 5.76. The Morgan fingerprint density at radius 2 is 1.80 bits per heavy atom. The quantitative estimate of drug-likeness (QED) is 0.438. The molecule has 0 saturated heterocycles. The van der Waals surface area contributed by atoms with E-state index in [4.69, 9.17) is 19.0 Å². The van der Waals surface area contributed by atoms with E-state index in [1.165, 1.54) is 0 Å². The lowest BCUT2D eigenvalue weighted by Gasteiger charge is -2.20. The molecule has 0 fully saturated rings. The standard InChI is InChI=1S/C23H36N4O3/c1-8-24-23(25-14-15(4)22-17(6)27-30-18(22)7)26-16(5)19-11-12-20(28-9-2)21(13-19)29-10-3/h11-13,15-16H,8-10,14H2,1-7H3,(H2,24,25,26). The maximum absolute atomic E-state index is 5.76. The summed E-state index contributed by atoms with van der Waals surface area (Å²) < 4.78 is 16.7. The molecule has 7 nitrogen and oxygen atoms in total. The fourth-order valence-corrected chi connectivity index (χ4v) is 3.46. The number of nitrogens with zero attached hydrogens (tertiary/aromatic N) is 2. The Labute approximate surface area is 180 Å². The van der Waals surface area contributed by atoms with Gasteiger partial charge in [-0.25, -0.2) is 0 Å². The van der Waals surface area contributed by atoms with Crippen molar-refractivity contribution < 1.29 is 14.0 Å². The molecular formula is C23H36N4O3. The molecule has 166 valence electrons. The molecule has 2 N–H and O–H groups in total. The van der Waals surface area contributed by atoms with Gasteiger partial charge in [-0.05, 0) is 59.2 Å². The van der Waals surface area contributed by atoms with Gasteiger partial charge in [-0.15, -0.1) is 0 Å². The minimum Gasteiger partial charge on any atom is -0.490 e. The van der Waals surface area contributed by atoms with E-state index in [9.17, 15) is 0 Å². The Bertz CT molecular complexity index is 812. The van der Waals surface area contributed by atoms with Crippen molar-refractivity contribution in [2.45, 2.75) is 60.4 Å². The van der Waals surface area contributed by atoms with Gasteiger partial charge in [-0.1, -0.05) is 18.1 Å². The van der Waals surface area contributed by atoms with Crippen LogP contribution in [0.25, 0.3) is 0 Å². The molecule has 0 amide bonds. The normalized spacial score (nSPS) is 13.6. The summed E-state index contributed by atoms with van der Waals surface area (Å²) in [5, 5.41) is 10.9. The Hall–Kier alpha value is -2.70. The van der Waals surface area contributed by atoms with Crippen LogP contribution in [0, 0.1) is 13.8 Å². The third kappa shape index (κ3) is 6.15. The van der Waals surface area contributed by atoms with Crippen LogP contribution in [-0.2, 0) is 0 Å². The van der Waals surface area contributed by atoms with Gasteiger partial charge in [0.05, 0.1) is 24.9 Å². The van der Waals surface area contributed by atoms with Crippen LogP contribution >= 0.6 is 0 Å². The van der Waals surface area contributed by atoms with Gasteiger partial charge in [0.25, 0.3) is 0 Å². The van der Waals surface area contributed by atoms with E-state index in [1.807, 2.05) is 39.8 Å². The molecule has 7 heteroatoms. The number of ether oxygens (including phenoxy) is 2. The zero-order chi connectivity index (χ0) is 22.1. The first-order chi connectivity index (χ1) is 14.4. The van der Waals surface area contributed by atoms with E-state index in [-0.39, 0.29) is 12.0 Å². The average molecular weight is 417 g/mol. The van der Waals surface area contributed by atoms with Gasteiger partial charge in [0, 0.05) is 24.6 Å². The number of aromatic nitrogens is 1. The molecular weight excluding hydrogens is 380 g/mol. The van der Waals surface area contributed by atoms with Crippen LogP contribution in [0.1, 0.15) is 69.2 Å². The lowest BCUT2D eigenvalue weighted by atomic mass is 10.00. The Balaban J connectivity index is 2.13. The van der Waals surface area contributed by atoms with Gasteiger partial charge in [-0.2, -0.15) is 0 Å². The number of guanidine groups is 1. The summed E-state index contributed by atoms with van der Waals surface area (Å²) in [6, 6.07) is 6.10. The lowest BCUT2D eigenvalue weighted by Crippen LogP contribution is -2.39. The lowest BCUT2D eigenvalue weighted by molar-refractivity contribution is 0.287. The second-order valence-corrected chi connectivity index (χ2v) is 7.30. The highest BCUT2D eigenvalue weighted by Crippen LogP contribution is 2.30. The molecule has 0 aliphatic rings. The van der Waals surface area contributed by atoms with Gasteiger partial charge >= 0.3 is 0 Å². The molecule has 1 aromatic carbocycles. The van der Waals surface area contributed by atoms with E-state index >= 15 is 0 Å². The van der Waals surface area contributed by atoms with Crippen molar-refractivity contribution in [1.82, 2.24) is 15.8 Å². The van der Waals surface area contributed by atoms with Gasteiger partial charge in [0.15, 0.2) is 17.5 Å². The van der Waals surface area contributed by atoms with E-state index in [2.05, 4.69) is 42.6 Å². The van der Waals surface area contributed by atoms with Crippen LogP contribution in [0.2, 0.25) is 0 Å². The van der Waals surface area contributed by atoms with Crippen molar-refractivity contribution in [3.05, 3.63) is 40.8 Å². The first kappa shape index (κ1) is 23.6. The second-order valence-electron chi connectivity index (χ2n) is 7.30. The molecule has 2 aromatic rings. The van der Waals surface area contributed by atoms with Crippen molar-refractivity contribution in [3.8, 4) is 11.5 Å². The number of aryl methyl sites for hydroxylation is 2. The van der Waals surface area contributed by atoms with Crippen LogP contribution < -0.4 is 20.1 Å². The number of hydrogen-bond acceptors (Lipinski definition) is 5. The first-order valence-corrected chi connectivity index (χ1v) is 10.8. The number of aliphatic imine (C=N–C) groups is 1. The topological polar surface area (TPSA) is 80.9 Å². The molecule has 1 aromatic heterocycles. The number of hydrogen-bond donors (Lipinski definition) is 2. The van der Waals surface area contributed by atoms with Gasteiger partial charge in [0.2, 0.25) is 0 Å². The molecule has 1 heterocycles. The summed E-state index contributed by atoms with van der Waals surface area (Å²) >= 11 is 0. The minimum atomic E-state index is 0.0482. The molecule has 30 heavy (non-hydrogen) atoms. The molecule has 0 spiro atoms. The number of benzene rings is 1. The Morgan fingerprint density at radius 3 is 2.40 bits per heavy atom. The third-order valence-corrected chi connectivity index (χ3v) is 4.87. The minimum absolute atomic E-state index is 0.0482. The van der Waals surface area contributed by atoms with Crippen molar-refractivity contribution in [1.29, 1.82) is 0 Å². The highest BCUT2D eigenvalue weighted by Gasteiger charge is 2.17. The second kappa shape index (κ2) is 11.5. The first-order valence-electron chi connectivity index (χ1n) is 10.8. The van der Waals surface area contributed by atoms with Crippen LogP contribution in [-0.4, -0.2) is 37.4 Å². The summed E-state index contributed by atoms with van der Waals surface area (Å²) in [5.41, 5.74) is 3.17. The van der Waals surface area contributed by atoms with E-state index in [1.54, 1.807) is 0 Å². The SMILES string of the molecule is CCNC(=NCC(C)c1c(C)noc1C)NC(C)c1ccc(OCC)c(OCC)c1. The summed E-state index contributed by atoms with van der Waals surface area (Å²) in [6.07, 6.45) is 0. The fourth-order valence-electron chi connectivity index (χ4n) is 3.46. The van der Waals surface area contributed by atoms with Crippen molar-refractivity contribution in [2.24, 2.45) is 4.99 Å². The van der Waals surface area contributed by atoms with Gasteiger partial charge < -0.3 is 24.6 Å². The van der Waals surface area contributed by atoms with Crippen LogP contribution in [0.4, 0.5) is 0 Å². The van der Waals surface area contributed by atoms with Gasteiger partial charge in [-0.3, -0.25) is 4.99 Å². The zero-order valence-electron chi connectivity index (χ0n) is 19.3. The van der Waals surface area contributed by atoms with Crippen molar-refractivity contribution >= 4 is 5.96 Å². The van der Waals surface area contributed by atoms with Crippen LogP contribution in [0.3, 0.4) is 0 Å². The highest BCUT2D eigenvalue weighted by atomic mass is 16.5. The monoisotopic (exact) mass is 416 g/mol. The molecule has 2 atom stereocenters. The summed E-state index contributed by atoms with van der Waals surface area (Å²) in [6.45, 7) is 16.8. The summed E-state index contributed by atoms with van der Waals surface area (Å²) in [4.78, 5) is 4.79. The fraction of sp³-hybridized carbons (Fsp3) is 0.565. The number of nitrogens with one attached hydrogen (secondary N) is 2. The third-order valence-electron chi connectivity index (χ3n) is 4.87. The molecule has 0 saturated carbocycles. The summed E-state index contributed by atoms with van der Waals surface area (Å²) in [7, 11) is 0. The molecule has 2 unspecified atom stereocenters. The zero-order valence-corrected chi connectivity index (χ0v) is 19.3. The molecule has 0 bridgehead atoms. The van der Waals surface area contributed by atoms with Crippen LogP contribution in [0.15, 0.2) is 27.7 Å². The highest BCUT2D eigenvalue weighted by molar-refractivity contribution is 5.80. The average Bonchev–Trinajstić information content (AvgIpc) is 3.06. The van der Waals surface area contributed by atoms with Crippen LogP contribution in [0.5, 0.6) is 11.5 Å². The van der Waals surface area contributed by atoms with Gasteiger partial charge in [0.1, 0.15) is 5.76 Å². The Morgan fingerprint density at radius 1 is 1.10 bits per heavy atom. The van der Waals surface area contributed by atoms with Crippen molar-refractivity contribution in [2.75, 3.05) is 26.3 Å². The Kier molecular flexibility index (Phi) is 9.02. The molecule has 2 rings (SSSR count). The molecule has 0 aliphatic carbocycles. The summed E-state index contributed by atoms with van der Waals surface area (Å²) in [5.74, 6) is 3.38. The molecule has 0 aliphatic heterocycles.